The number of hydrogen-bond acceptors (Lipinski definition) is 3. The second kappa shape index (κ2) is 4.31. The van der Waals surface area contributed by atoms with E-state index in [1.807, 2.05) is 6.20 Å². The van der Waals surface area contributed by atoms with Crippen LogP contribution in [0.3, 0.4) is 0 Å². The van der Waals surface area contributed by atoms with Crippen LogP contribution >= 0.6 is 0 Å². The van der Waals surface area contributed by atoms with Crippen LogP contribution in [0, 0.1) is 0 Å². The van der Waals surface area contributed by atoms with E-state index < -0.39 is 0 Å². The Labute approximate surface area is 94.1 Å². The average molecular weight is 215 g/mol. The van der Waals surface area contributed by atoms with Gasteiger partial charge in [0.2, 0.25) is 0 Å². The van der Waals surface area contributed by atoms with Crippen LogP contribution in [0.4, 0.5) is 0 Å². The molecule has 0 N–H and O–H groups in total. The van der Waals surface area contributed by atoms with Gasteiger partial charge in [-0.25, -0.2) is 0 Å². The standard InChI is InChI=1S/C10H7N.C3H6O2/c1-2-8-4-7-5-9(8)10(3-1)11-6-7;1-3(4)5-2/h1-3,5-6H,4H2;1-2H3. The summed E-state index contributed by atoms with van der Waals surface area (Å²) in [6.45, 7) is 1.36. The number of ether oxygens (including phenoxy) is 1. The summed E-state index contributed by atoms with van der Waals surface area (Å²) >= 11 is 0. The molecule has 2 aromatic rings. The molecule has 0 unspecified atom stereocenters. The second-order valence-electron chi connectivity index (χ2n) is 3.70. The molecular formula is C13H13NO2. The van der Waals surface area contributed by atoms with Gasteiger partial charge in [-0.2, -0.15) is 0 Å². The van der Waals surface area contributed by atoms with Crippen LogP contribution in [-0.2, 0) is 16.0 Å². The summed E-state index contributed by atoms with van der Waals surface area (Å²) in [6, 6.07) is 8.55. The van der Waals surface area contributed by atoms with Gasteiger partial charge in [-0.05, 0) is 29.7 Å². The average Bonchev–Trinajstić information content (AvgIpc) is 2.68. The summed E-state index contributed by atoms with van der Waals surface area (Å²) in [5, 5.41) is 1.34. The van der Waals surface area contributed by atoms with Crippen molar-refractivity contribution in [2.45, 2.75) is 13.3 Å². The second-order valence-corrected chi connectivity index (χ2v) is 3.70. The van der Waals surface area contributed by atoms with E-state index in [0.717, 1.165) is 11.9 Å². The molecule has 0 spiro atoms. The van der Waals surface area contributed by atoms with E-state index in [0.29, 0.717) is 0 Å². The van der Waals surface area contributed by atoms with Crippen LogP contribution in [0.15, 0.2) is 30.5 Å². The van der Waals surface area contributed by atoms with Gasteiger partial charge in [0.1, 0.15) is 0 Å². The summed E-state index contributed by atoms with van der Waals surface area (Å²) in [5.41, 5.74) is 3.90. The van der Waals surface area contributed by atoms with Gasteiger partial charge in [-0.3, -0.25) is 9.78 Å². The van der Waals surface area contributed by atoms with E-state index >= 15 is 0 Å². The molecule has 3 heteroatoms. The van der Waals surface area contributed by atoms with E-state index in [9.17, 15) is 4.79 Å². The van der Waals surface area contributed by atoms with Crippen LogP contribution in [-0.4, -0.2) is 18.1 Å². The van der Waals surface area contributed by atoms with Crippen molar-refractivity contribution in [3.8, 4) is 0 Å². The maximum Gasteiger partial charge on any atom is 0.302 e. The van der Waals surface area contributed by atoms with Gasteiger partial charge in [-0.15, -0.1) is 0 Å². The summed E-state index contributed by atoms with van der Waals surface area (Å²) < 4.78 is 4.11. The highest BCUT2D eigenvalue weighted by Crippen LogP contribution is 2.26. The van der Waals surface area contributed by atoms with Gasteiger partial charge in [0.25, 0.3) is 0 Å². The number of carbonyl (C=O) groups excluding carboxylic acids is 1. The number of hydrogen-bond donors (Lipinski definition) is 0. The quantitative estimate of drug-likeness (QED) is 0.540. The van der Waals surface area contributed by atoms with Crippen molar-refractivity contribution in [2.24, 2.45) is 0 Å². The Morgan fingerprint density at radius 3 is 2.88 bits per heavy atom. The predicted molar refractivity (Wildman–Crippen MR) is 62.2 cm³/mol. The van der Waals surface area contributed by atoms with Crippen molar-refractivity contribution in [1.82, 2.24) is 4.98 Å². The van der Waals surface area contributed by atoms with Crippen molar-refractivity contribution < 1.29 is 9.53 Å². The van der Waals surface area contributed by atoms with Crippen LogP contribution in [0.1, 0.15) is 18.1 Å². The van der Waals surface area contributed by atoms with Gasteiger partial charge in [-0.1, -0.05) is 12.1 Å². The number of nitrogens with zero attached hydrogens (tertiary/aromatic N) is 1. The molecule has 3 nitrogen and oxygen atoms in total. The molecule has 0 saturated carbocycles. The summed E-state index contributed by atoms with van der Waals surface area (Å²) in [7, 11) is 1.35. The zero-order valence-corrected chi connectivity index (χ0v) is 9.36. The van der Waals surface area contributed by atoms with E-state index in [4.69, 9.17) is 0 Å². The van der Waals surface area contributed by atoms with Gasteiger partial charge in [0.05, 0.1) is 12.6 Å². The maximum atomic E-state index is 9.59. The largest absolute Gasteiger partial charge is 0.469 e. The number of carbonyl (C=O) groups is 1. The molecule has 0 radical (unpaired) electrons. The van der Waals surface area contributed by atoms with Crippen LogP contribution < -0.4 is 0 Å². The molecule has 0 atom stereocenters. The highest BCUT2D eigenvalue weighted by molar-refractivity contribution is 5.85. The van der Waals surface area contributed by atoms with E-state index in [-0.39, 0.29) is 5.97 Å². The Balaban J connectivity index is 0.000000168. The zero-order chi connectivity index (χ0) is 11.5. The van der Waals surface area contributed by atoms with E-state index in [2.05, 4.69) is 34.0 Å². The lowest BCUT2D eigenvalue weighted by atomic mass is 10.1. The number of aromatic nitrogens is 1. The zero-order valence-electron chi connectivity index (χ0n) is 9.36. The van der Waals surface area contributed by atoms with Crippen LogP contribution in [0.2, 0.25) is 0 Å². The minimum absolute atomic E-state index is 0.245. The lowest BCUT2D eigenvalue weighted by Crippen LogP contribution is -1.88. The molecular weight excluding hydrogens is 202 g/mol. The lowest BCUT2D eigenvalue weighted by Gasteiger charge is -1.92. The van der Waals surface area contributed by atoms with E-state index in [1.54, 1.807) is 0 Å². The molecule has 1 aromatic heterocycles. The Morgan fingerprint density at radius 2 is 2.19 bits per heavy atom. The smallest absolute Gasteiger partial charge is 0.302 e. The number of rotatable bonds is 0. The number of fused-ring (bicyclic) bond motifs is 1. The van der Waals surface area contributed by atoms with Crippen molar-refractivity contribution in [3.63, 3.8) is 0 Å². The predicted octanol–water partition coefficient (Wildman–Crippen LogP) is 2.32. The van der Waals surface area contributed by atoms with Gasteiger partial charge >= 0.3 is 5.97 Å². The third-order valence-corrected chi connectivity index (χ3v) is 2.55. The SMILES string of the molecule is COC(C)=O.c1cc2c3cc(cnc3c1)C2. The molecule has 0 amide bonds. The fraction of sp³-hybridized carbons (Fsp3) is 0.231. The van der Waals surface area contributed by atoms with Gasteiger partial charge in [0, 0.05) is 18.5 Å². The fourth-order valence-electron chi connectivity index (χ4n) is 1.72. The van der Waals surface area contributed by atoms with Crippen LogP contribution in [0.5, 0.6) is 0 Å². The molecule has 0 fully saturated rings. The third kappa shape index (κ3) is 2.03. The lowest BCUT2D eigenvalue weighted by molar-refractivity contribution is -0.137. The third-order valence-electron chi connectivity index (χ3n) is 2.55. The Bertz CT molecular complexity index is 534. The first-order valence-corrected chi connectivity index (χ1v) is 5.12. The Hall–Kier alpha value is -1.90. The first kappa shape index (κ1) is 10.6. The maximum absolute atomic E-state index is 9.59. The number of pyridine rings is 1. The molecule has 0 aliphatic heterocycles. The molecule has 1 aliphatic rings. The molecule has 1 aromatic carbocycles. The fourth-order valence-corrected chi connectivity index (χ4v) is 1.72. The highest BCUT2D eigenvalue weighted by Gasteiger charge is 2.10. The molecule has 1 heterocycles. The molecule has 82 valence electrons. The van der Waals surface area contributed by atoms with Crippen molar-refractivity contribution >= 4 is 16.9 Å². The molecule has 16 heavy (non-hydrogen) atoms. The van der Waals surface area contributed by atoms with E-state index in [1.165, 1.54) is 30.5 Å². The Kier molecular flexibility index (Phi) is 2.86. The first-order valence-electron chi connectivity index (χ1n) is 5.12. The monoisotopic (exact) mass is 215 g/mol. The molecule has 0 saturated heterocycles. The molecule has 3 rings (SSSR count). The van der Waals surface area contributed by atoms with Gasteiger partial charge < -0.3 is 4.74 Å². The summed E-state index contributed by atoms with van der Waals surface area (Å²) in [6.07, 6.45) is 3.04. The van der Waals surface area contributed by atoms with Gasteiger partial charge in [0.15, 0.2) is 0 Å². The van der Waals surface area contributed by atoms with Crippen molar-refractivity contribution in [3.05, 3.63) is 41.6 Å². The Morgan fingerprint density at radius 1 is 1.44 bits per heavy atom. The minimum atomic E-state index is -0.245. The normalized spacial score (nSPS) is 11.1. The summed E-state index contributed by atoms with van der Waals surface area (Å²) in [5.74, 6) is -0.245. The molecule has 1 aliphatic carbocycles. The topological polar surface area (TPSA) is 39.2 Å². The number of methoxy groups -OCH3 is 1. The van der Waals surface area contributed by atoms with Crippen LogP contribution in [0.25, 0.3) is 10.9 Å². The first-order chi connectivity index (χ1) is 7.70. The number of esters is 1. The number of benzene rings is 1. The van der Waals surface area contributed by atoms with Crippen molar-refractivity contribution in [2.75, 3.05) is 7.11 Å². The summed E-state index contributed by atoms with van der Waals surface area (Å²) in [4.78, 5) is 13.9. The highest BCUT2D eigenvalue weighted by atomic mass is 16.5. The minimum Gasteiger partial charge on any atom is -0.469 e. The van der Waals surface area contributed by atoms with Crippen molar-refractivity contribution in [1.29, 1.82) is 0 Å². The molecule has 2 bridgehead atoms.